The Morgan fingerprint density at radius 3 is 2.18 bits per heavy atom. The van der Waals surface area contributed by atoms with Gasteiger partial charge in [0.05, 0.1) is 33.6 Å². The van der Waals surface area contributed by atoms with Crippen molar-refractivity contribution in [1.82, 2.24) is 0 Å². The molecule has 0 saturated carbocycles. The number of anilines is 3. The van der Waals surface area contributed by atoms with Crippen LogP contribution in [-0.2, 0) is 14.3 Å². The van der Waals surface area contributed by atoms with E-state index >= 15 is 0 Å². The number of nitrogens with one attached hydrogen (secondary N) is 2. The molecule has 38 heavy (non-hydrogen) atoms. The number of rotatable bonds is 8. The van der Waals surface area contributed by atoms with Crippen molar-refractivity contribution < 1.29 is 23.9 Å². The average molecular weight is 573 g/mol. The average Bonchev–Trinajstić information content (AvgIpc) is 3.13. The third-order valence-electron chi connectivity index (χ3n) is 5.44. The quantitative estimate of drug-likeness (QED) is 0.244. The largest absolute Gasteiger partial charge is 0.462 e. The number of carbonyl (C=O) groups is 4. The highest BCUT2D eigenvalue weighted by atomic mass is 35.5. The SMILES string of the molecule is CCCOC(=O)c1ccc(N2C(=O)C(Cl)=C(Nc3ccc(C(=O)Nc4cccc(Cl)c4Cl)cc3)C2=O)cc1. The molecule has 0 saturated heterocycles. The van der Waals surface area contributed by atoms with Crippen molar-refractivity contribution in [2.24, 2.45) is 0 Å². The van der Waals surface area contributed by atoms with Crippen LogP contribution in [0.3, 0.4) is 0 Å². The monoisotopic (exact) mass is 571 g/mol. The molecule has 1 aliphatic heterocycles. The smallest absolute Gasteiger partial charge is 0.338 e. The maximum Gasteiger partial charge on any atom is 0.338 e. The molecule has 0 radical (unpaired) electrons. The van der Waals surface area contributed by atoms with Crippen molar-refractivity contribution in [1.29, 1.82) is 0 Å². The molecular weight excluding hydrogens is 553 g/mol. The Hall–Kier alpha value is -3.85. The van der Waals surface area contributed by atoms with Crippen LogP contribution in [0.2, 0.25) is 10.0 Å². The van der Waals surface area contributed by atoms with E-state index in [1.54, 1.807) is 30.3 Å². The van der Waals surface area contributed by atoms with Crippen molar-refractivity contribution in [3.63, 3.8) is 0 Å². The Bertz CT molecular complexity index is 1450. The number of esters is 1. The minimum absolute atomic E-state index is 0.119. The maximum absolute atomic E-state index is 13.1. The maximum atomic E-state index is 13.1. The fourth-order valence-electron chi connectivity index (χ4n) is 3.51. The third-order valence-corrected chi connectivity index (χ3v) is 6.61. The number of imide groups is 1. The fourth-order valence-corrected chi connectivity index (χ4v) is 4.07. The van der Waals surface area contributed by atoms with Gasteiger partial charge in [0, 0.05) is 11.3 Å². The standard InChI is InChI=1S/C27H20Cl3N3O5/c1-2-14-38-27(37)16-8-12-18(13-9-16)33-25(35)22(30)23(26(33)36)31-17-10-6-15(7-11-17)24(34)32-20-5-3-4-19(28)21(20)29/h3-13,31H,2,14H2,1H3,(H,32,34). The zero-order valence-electron chi connectivity index (χ0n) is 19.9. The Balaban J connectivity index is 1.45. The van der Waals surface area contributed by atoms with E-state index in [4.69, 9.17) is 39.5 Å². The molecule has 4 rings (SSSR count). The molecule has 0 aliphatic carbocycles. The van der Waals surface area contributed by atoms with Crippen LogP contribution in [0, 0.1) is 0 Å². The molecule has 11 heteroatoms. The highest BCUT2D eigenvalue weighted by Gasteiger charge is 2.39. The van der Waals surface area contributed by atoms with Crippen LogP contribution in [-0.4, -0.2) is 30.3 Å². The number of carbonyl (C=O) groups excluding carboxylic acids is 4. The number of benzene rings is 3. The lowest BCUT2D eigenvalue weighted by atomic mass is 10.2. The summed E-state index contributed by atoms with van der Waals surface area (Å²) in [7, 11) is 0. The van der Waals surface area contributed by atoms with E-state index in [2.05, 4.69) is 10.6 Å². The molecule has 0 spiro atoms. The first kappa shape index (κ1) is 27.2. The van der Waals surface area contributed by atoms with Crippen LogP contribution < -0.4 is 15.5 Å². The van der Waals surface area contributed by atoms with Gasteiger partial charge in [0.2, 0.25) is 0 Å². The fraction of sp³-hybridized carbons (Fsp3) is 0.111. The van der Waals surface area contributed by atoms with Gasteiger partial charge in [0.25, 0.3) is 17.7 Å². The summed E-state index contributed by atoms with van der Waals surface area (Å²) >= 11 is 18.3. The molecule has 3 aromatic carbocycles. The van der Waals surface area contributed by atoms with Crippen molar-refractivity contribution in [2.75, 3.05) is 22.1 Å². The minimum atomic E-state index is -0.713. The summed E-state index contributed by atoms with van der Waals surface area (Å²) in [4.78, 5) is 51.3. The van der Waals surface area contributed by atoms with Crippen molar-refractivity contribution in [3.8, 4) is 0 Å². The molecule has 2 N–H and O–H groups in total. The Morgan fingerprint density at radius 1 is 0.868 bits per heavy atom. The second-order valence-electron chi connectivity index (χ2n) is 8.08. The summed E-state index contributed by atoms with van der Waals surface area (Å²) in [6, 6.07) is 16.9. The predicted molar refractivity (Wildman–Crippen MR) is 147 cm³/mol. The first-order valence-electron chi connectivity index (χ1n) is 11.4. The van der Waals surface area contributed by atoms with Gasteiger partial charge in [-0.3, -0.25) is 14.4 Å². The summed E-state index contributed by atoms with van der Waals surface area (Å²) in [6.07, 6.45) is 0.689. The van der Waals surface area contributed by atoms with Crippen LogP contribution in [0.15, 0.2) is 77.5 Å². The Labute approximate surface area is 233 Å². The van der Waals surface area contributed by atoms with Crippen LogP contribution in [0.25, 0.3) is 0 Å². The van der Waals surface area contributed by atoms with Gasteiger partial charge in [-0.2, -0.15) is 0 Å². The van der Waals surface area contributed by atoms with Crippen LogP contribution >= 0.6 is 34.8 Å². The highest BCUT2D eigenvalue weighted by molar-refractivity contribution is 6.53. The highest BCUT2D eigenvalue weighted by Crippen LogP contribution is 2.31. The Kier molecular flexibility index (Phi) is 8.36. The van der Waals surface area contributed by atoms with Gasteiger partial charge in [-0.1, -0.05) is 47.8 Å². The third kappa shape index (κ3) is 5.67. The zero-order chi connectivity index (χ0) is 27.4. The topological polar surface area (TPSA) is 105 Å². The summed E-state index contributed by atoms with van der Waals surface area (Å²) in [5, 5.41) is 5.77. The predicted octanol–water partition coefficient (Wildman–Crippen LogP) is 6.25. The van der Waals surface area contributed by atoms with Gasteiger partial charge in [-0.15, -0.1) is 0 Å². The zero-order valence-corrected chi connectivity index (χ0v) is 22.2. The number of ether oxygens (including phenoxy) is 1. The lowest BCUT2D eigenvalue weighted by Gasteiger charge is -2.15. The van der Waals surface area contributed by atoms with Crippen LogP contribution in [0.5, 0.6) is 0 Å². The van der Waals surface area contributed by atoms with E-state index in [-0.39, 0.29) is 21.4 Å². The molecule has 0 atom stereocenters. The van der Waals surface area contributed by atoms with Gasteiger partial charge in [0.1, 0.15) is 10.7 Å². The van der Waals surface area contributed by atoms with E-state index in [0.717, 1.165) is 4.90 Å². The number of amides is 3. The molecule has 0 bridgehead atoms. The van der Waals surface area contributed by atoms with Gasteiger partial charge in [-0.05, 0) is 67.1 Å². The summed E-state index contributed by atoms with van der Waals surface area (Å²) in [6.45, 7) is 2.17. The van der Waals surface area contributed by atoms with Crippen LogP contribution in [0.1, 0.15) is 34.1 Å². The molecule has 194 valence electrons. The number of hydrogen-bond donors (Lipinski definition) is 2. The van der Waals surface area contributed by atoms with Gasteiger partial charge in [0.15, 0.2) is 0 Å². The second kappa shape index (κ2) is 11.7. The van der Waals surface area contributed by atoms with Gasteiger partial charge >= 0.3 is 5.97 Å². The molecule has 1 aliphatic rings. The first-order chi connectivity index (χ1) is 18.2. The Morgan fingerprint density at radius 2 is 1.53 bits per heavy atom. The van der Waals surface area contributed by atoms with E-state index in [1.807, 2.05) is 6.92 Å². The number of halogens is 3. The molecular formula is C27H20Cl3N3O5. The molecule has 0 unspecified atom stereocenters. The molecule has 3 aromatic rings. The lowest BCUT2D eigenvalue weighted by Crippen LogP contribution is -2.32. The molecule has 1 heterocycles. The van der Waals surface area contributed by atoms with Crippen molar-refractivity contribution >= 4 is 75.6 Å². The van der Waals surface area contributed by atoms with E-state index in [9.17, 15) is 19.2 Å². The molecule has 3 amide bonds. The summed E-state index contributed by atoms with van der Waals surface area (Å²) in [5.74, 6) is -2.30. The number of nitrogens with zero attached hydrogens (tertiary/aromatic N) is 1. The van der Waals surface area contributed by atoms with Crippen molar-refractivity contribution in [2.45, 2.75) is 13.3 Å². The molecule has 0 aromatic heterocycles. The van der Waals surface area contributed by atoms with Crippen LogP contribution in [0.4, 0.5) is 17.1 Å². The minimum Gasteiger partial charge on any atom is -0.462 e. The van der Waals surface area contributed by atoms with Crippen molar-refractivity contribution in [3.05, 3.63) is 98.6 Å². The van der Waals surface area contributed by atoms with Gasteiger partial charge in [-0.25, -0.2) is 9.69 Å². The molecule has 0 fully saturated rings. The van der Waals surface area contributed by atoms with E-state index in [1.165, 1.54) is 36.4 Å². The van der Waals surface area contributed by atoms with E-state index < -0.39 is 23.7 Å². The van der Waals surface area contributed by atoms with Gasteiger partial charge < -0.3 is 15.4 Å². The number of hydrogen-bond acceptors (Lipinski definition) is 6. The van der Waals surface area contributed by atoms with E-state index in [0.29, 0.717) is 40.6 Å². The first-order valence-corrected chi connectivity index (χ1v) is 12.5. The lowest BCUT2D eigenvalue weighted by molar-refractivity contribution is -0.120. The summed E-state index contributed by atoms with van der Waals surface area (Å²) < 4.78 is 5.09. The summed E-state index contributed by atoms with van der Waals surface area (Å²) in [5.41, 5.74) is 1.52. The molecule has 8 nitrogen and oxygen atoms in total. The normalized spacial score (nSPS) is 13.1. The second-order valence-corrected chi connectivity index (χ2v) is 9.24.